The minimum absolute atomic E-state index is 0.278. The number of para-hydroxylation sites is 1. The van der Waals surface area contributed by atoms with Gasteiger partial charge in [0.25, 0.3) is 0 Å². The van der Waals surface area contributed by atoms with Gasteiger partial charge < -0.3 is 19.4 Å². The standard InChI is InChI=1S/C20H25BrN2O4/c1-12(24)26-17-9-10-23(19(25)27-20(2,3)4)16(17)11-14-13-7-5-6-8-15(13)22-18(14)21/h5-8,16-17,22H,9-11H2,1-4H3/t16-,17?/m1/s1. The molecule has 146 valence electrons. The Balaban J connectivity index is 1.91. The average Bonchev–Trinajstić information content (AvgIpc) is 3.07. The second-order valence-electron chi connectivity index (χ2n) is 7.84. The van der Waals surface area contributed by atoms with Crippen LogP contribution in [0.3, 0.4) is 0 Å². The number of fused-ring (bicyclic) bond motifs is 1. The van der Waals surface area contributed by atoms with E-state index in [4.69, 9.17) is 9.47 Å². The van der Waals surface area contributed by atoms with Crippen molar-refractivity contribution in [2.75, 3.05) is 6.54 Å². The van der Waals surface area contributed by atoms with E-state index in [0.717, 1.165) is 21.1 Å². The molecule has 2 atom stereocenters. The summed E-state index contributed by atoms with van der Waals surface area (Å²) in [5, 5.41) is 1.09. The van der Waals surface area contributed by atoms with E-state index < -0.39 is 5.60 Å². The Hall–Kier alpha value is -2.02. The molecule has 1 aromatic heterocycles. The third-order valence-corrected chi connectivity index (χ3v) is 5.28. The van der Waals surface area contributed by atoms with E-state index in [0.29, 0.717) is 19.4 Å². The first kappa shape index (κ1) is 19.7. The zero-order valence-electron chi connectivity index (χ0n) is 16.0. The molecule has 1 saturated heterocycles. The molecular formula is C20H25BrN2O4. The number of ether oxygens (including phenoxy) is 2. The van der Waals surface area contributed by atoms with Crippen LogP contribution in [-0.4, -0.2) is 46.2 Å². The number of aromatic amines is 1. The number of carbonyl (C=O) groups excluding carboxylic acids is 2. The first-order valence-electron chi connectivity index (χ1n) is 9.07. The summed E-state index contributed by atoms with van der Waals surface area (Å²) in [4.78, 5) is 29.3. The Morgan fingerprint density at radius 3 is 2.67 bits per heavy atom. The van der Waals surface area contributed by atoms with Crippen LogP contribution >= 0.6 is 15.9 Å². The topological polar surface area (TPSA) is 71.6 Å². The minimum Gasteiger partial charge on any atom is -0.460 e. The van der Waals surface area contributed by atoms with Gasteiger partial charge in [0.05, 0.1) is 10.6 Å². The molecule has 0 bridgehead atoms. The van der Waals surface area contributed by atoms with Crippen molar-refractivity contribution in [3.8, 4) is 0 Å². The first-order chi connectivity index (χ1) is 12.7. The largest absolute Gasteiger partial charge is 0.460 e. The highest BCUT2D eigenvalue weighted by Gasteiger charge is 2.41. The van der Waals surface area contributed by atoms with Gasteiger partial charge in [-0.2, -0.15) is 0 Å². The fourth-order valence-electron chi connectivity index (χ4n) is 3.54. The molecule has 0 spiro atoms. The molecule has 2 aromatic rings. The number of nitrogens with one attached hydrogen (secondary N) is 1. The average molecular weight is 437 g/mol. The molecule has 1 aliphatic rings. The number of rotatable bonds is 3. The molecule has 0 radical (unpaired) electrons. The summed E-state index contributed by atoms with van der Waals surface area (Å²) < 4.78 is 12.0. The maximum Gasteiger partial charge on any atom is 0.410 e. The number of halogens is 1. The van der Waals surface area contributed by atoms with Crippen LogP contribution in [0.4, 0.5) is 4.79 Å². The number of carbonyl (C=O) groups is 2. The van der Waals surface area contributed by atoms with Crippen LogP contribution in [0.1, 0.15) is 39.7 Å². The number of H-pyrrole nitrogens is 1. The molecule has 27 heavy (non-hydrogen) atoms. The number of amides is 1. The van der Waals surface area contributed by atoms with Gasteiger partial charge in [0, 0.05) is 30.8 Å². The zero-order chi connectivity index (χ0) is 19.8. The van der Waals surface area contributed by atoms with Crippen molar-refractivity contribution >= 4 is 38.9 Å². The summed E-state index contributed by atoms with van der Waals surface area (Å²) in [6.07, 6.45) is 0.430. The fraction of sp³-hybridized carbons (Fsp3) is 0.500. The van der Waals surface area contributed by atoms with Crippen molar-refractivity contribution < 1.29 is 19.1 Å². The van der Waals surface area contributed by atoms with Crippen LogP contribution in [0.2, 0.25) is 0 Å². The van der Waals surface area contributed by atoms with Crippen molar-refractivity contribution in [2.24, 2.45) is 0 Å². The van der Waals surface area contributed by atoms with Crippen LogP contribution in [-0.2, 0) is 20.7 Å². The Labute approximate surface area is 167 Å². The molecule has 3 rings (SSSR count). The summed E-state index contributed by atoms with van der Waals surface area (Å²) in [6, 6.07) is 7.72. The first-order valence-corrected chi connectivity index (χ1v) is 9.87. The van der Waals surface area contributed by atoms with Crippen molar-refractivity contribution in [1.82, 2.24) is 9.88 Å². The SMILES string of the molecule is CC(=O)OC1CCN(C(=O)OC(C)(C)C)[C@@H]1Cc1c(Br)[nH]c2ccccc12. The van der Waals surface area contributed by atoms with Crippen molar-refractivity contribution in [3.63, 3.8) is 0 Å². The zero-order valence-corrected chi connectivity index (χ0v) is 17.6. The molecule has 6 nitrogen and oxygen atoms in total. The number of benzene rings is 1. The molecule has 7 heteroatoms. The van der Waals surface area contributed by atoms with E-state index in [1.807, 2.05) is 45.0 Å². The van der Waals surface area contributed by atoms with Gasteiger partial charge >= 0.3 is 12.1 Å². The normalized spacial score (nSPS) is 20.1. The number of likely N-dealkylation sites (tertiary alicyclic amines) is 1. The van der Waals surface area contributed by atoms with Crippen molar-refractivity contribution in [2.45, 2.75) is 58.3 Å². The highest BCUT2D eigenvalue weighted by molar-refractivity contribution is 9.10. The maximum absolute atomic E-state index is 12.7. The monoisotopic (exact) mass is 436 g/mol. The fourth-order valence-corrected chi connectivity index (χ4v) is 4.13. The van der Waals surface area contributed by atoms with E-state index >= 15 is 0 Å². The minimum atomic E-state index is -0.581. The number of hydrogen-bond acceptors (Lipinski definition) is 4. The quantitative estimate of drug-likeness (QED) is 0.722. The number of nitrogens with zero attached hydrogens (tertiary/aromatic N) is 1. The molecule has 1 N–H and O–H groups in total. The van der Waals surface area contributed by atoms with Gasteiger partial charge in [-0.25, -0.2) is 4.79 Å². The van der Waals surface area contributed by atoms with Crippen LogP contribution in [0.15, 0.2) is 28.9 Å². The van der Waals surface area contributed by atoms with Crippen LogP contribution < -0.4 is 0 Å². The molecule has 0 saturated carbocycles. The highest BCUT2D eigenvalue weighted by atomic mass is 79.9. The Morgan fingerprint density at radius 2 is 2.00 bits per heavy atom. The van der Waals surface area contributed by atoms with Gasteiger partial charge in [0.2, 0.25) is 0 Å². The molecule has 2 heterocycles. The molecular weight excluding hydrogens is 412 g/mol. The van der Waals surface area contributed by atoms with E-state index in [-0.39, 0.29) is 24.2 Å². The van der Waals surface area contributed by atoms with Crippen molar-refractivity contribution in [1.29, 1.82) is 0 Å². The van der Waals surface area contributed by atoms with Gasteiger partial charge in [-0.15, -0.1) is 0 Å². The summed E-state index contributed by atoms with van der Waals surface area (Å²) in [7, 11) is 0. The third-order valence-electron chi connectivity index (χ3n) is 4.60. The van der Waals surface area contributed by atoms with Crippen LogP contribution in [0, 0.1) is 0 Å². The summed E-state index contributed by atoms with van der Waals surface area (Å²) in [5.74, 6) is -0.339. The molecule has 1 aliphatic heterocycles. The Bertz CT molecular complexity index is 855. The lowest BCUT2D eigenvalue weighted by atomic mass is 10.0. The van der Waals surface area contributed by atoms with Gasteiger partial charge in [-0.3, -0.25) is 4.79 Å². The molecule has 1 amide bonds. The van der Waals surface area contributed by atoms with Crippen molar-refractivity contribution in [3.05, 3.63) is 34.4 Å². The predicted molar refractivity (Wildman–Crippen MR) is 107 cm³/mol. The van der Waals surface area contributed by atoms with Gasteiger partial charge in [0.1, 0.15) is 11.7 Å². The van der Waals surface area contributed by atoms with E-state index in [1.54, 1.807) is 4.90 Å². The van der Waals surface area contributed by atoms with E-state index in [2.05, 4.69) is 20.9 Å². The summed E-state index contributed by atoms with van der Waals surface area (Å²) >= 11 is 3.60. The molecule has 1 unspecified atom stereocenters. The number of aromatic nitrogens is 1. The lowest BCUT2D eigenvalue weighted by Crippen LogP contribution is -2.44. The third kappa shape index (κ3) is 4.46. The Kier molecular flexibility index (Phi) is 5.51. The van der Waals surface area contributed by atoms with Gasteiger partial charge in [-0.1, -0.05) is 18.2 Å². The second kappa shape index (κ2) is 7.54. The predicted octanol–water partition coefficient (Wildman–Crippen LogP) is 4.41. The molecule has 0 aliphatic carbocycles. The smallest absolute Gasteiger partial charge is 0.410 e. The summed E-state index contributed by atoms with van der Waals surface area (Å²) in [5.41, 5.74) is 1.50. The highest BCUT2D eigenvalue weighted by Crippen LogP contribution is 2.32. The summed E-state index contributed by atoms with van der Waals surface area (Å²) in [6.45, 7) is 7.42. The number of esters is 1. The van der Waals surface area contributed by atoms with Crippen LogP contribution in [0.5, 0.6) is 0 Å². The number of hydrogen-bond donors (Lipinski definition) is 1. The second-order valence-corrected chi connectivity index (χ2v) is 8.64. The maximum atomic E-state index is 12.7. The van der Waals surface area contributed by atoms with Gasteiger partial charge in [-0.05, 0) is 54.8 Å². The van der Waals surface area contributed by atoms with Gasteiger partial charge in [0.15, 0.2) is 0 Å². The van der Waals surface area contributed by atoms with E-state index in [9.17, 15) is 9.59 Å². The molecule has 1 aromatic carbocycles. The lowest BCUT2D eigenvalue weighted by Gasteiger charge is -2.30. The molecule has 1 fully saturated rings. The lowest BCUT2D eigenvalue weighted by molar-refractivity contribution is -0.147. The van der Waals surface area contributed by atoms with Crippen LogP contribution in [0.25, 0.3) is 10.9 Å². The van der Waals surface area contributed by atoms with E-state index in [1.165, 1.54) is 6.92 Å². The Morgan fingerprint density at radius 1 is 1.30 bits per heavy atom.